The van der Waals surface area contributed by atoms with Gasteiger partial charge in [0.2, 0.25) is 0 Å². The molecule has 0 spiro atoms. The Balaban J connectivity index is 2.09. The van der Waals surface area contributed by atoms with Crippen LogP contribution in [0.15, 0.2) is 40.9 Å². The van der Waals surface area contributed by atoms with Crippen molar-refractivity contribution in [2.24, 2.45) is 0 Å². The molecule has 25 heavy (non-hydrogen) atoms. The second kappa shape index (κ2) is 6.18. The molecule has 0 bridgehead atoms. The summed E-state index contributed by atoms with van der Waals surface area (Å²) >= 11 is 3.62. The molecule has 0 saturated heterocycles. The van der Waals surface area contributed by atoms with Gasteiger partial charge >= 0.3 is 0 Å². The third kappa shape index (κ3) is 3.33. The number of phenols is 1. The number of aromatic hydroxyl groups is 1. The van der Waals surface area contributed by atoms with Gasteiger partial charge in [-0.05, 0) is 58.3 Å². The average Bonchev–Trinajstić information content (AvgIpc) is 2.92. The maximum atomic E-state index is 10.4. The summed E-state index contributed by atoms with van der Waals surface area (Å²) in [5.74, 6) is 1.51. The van der Waals surface area contributed by atoms with Crippen LogP contribution in [0.5, 0.6) is 11.5 Å². The van der Waals surface area contributed by atoms with Crippen LogP contribution >= 0.6 is 15.9 Å². The average molecular weight is 419 g/mol. The number of benzene rings is 2. The van der Waals surface area contributed by atoms with Gasteiger partial charge in [-0.2, -0.15) is 0 Å². The highest BCUT2D eigenvalue weighted by Gasteiger charge is 2.39. The zero-order valence-electron chi connectivity index (χ0n) is 15.1. The second-order valence-corrected chi connectivity index (χ2v) is 13.3. The van der Waals surface area contributed by atoms with E-state index in [1.807, 2.05) is 30.3 Å². The number of fused-ring (bicyclic) bond motifs is 1. The van der Waals surface area contributed by atoms with Crippen molar-refractivity contribution in [3.05, 3.63) is 40.9 Å². The van der Waals surface area contributed by atoms with Crippen molar-refractivity contribution < 1.29 is 9.53 Å². The van der Waals surface area contributed by atoms with Gasteiger partial charge in [-0.15, -0.1) is 0 Å². The lowest BCUT2D eigenvalue weighted by Gasteiger charge is -2.36. The number of para-hydroxylation sites is 2. The Hall–Kier alpha value is -1.79. The van der Waals surface area contributed by atoms with E-state index in [0.29, 0.717) is 11.4 Å². The molecule has 1 heterocycles. The van der Waals surface area contributed by atoms with Crippen LogP contribution in [0.25, 0.3) is 22.4 Å². The van der Waals surface area contributed by atoms with Crippen molar-refractivity contribution in [2.75, 3.05) is 0 Å². The van der Waals surface area contributed by atoms with E-state index in [9.17, 15) is 5.11 Å². The summed E-state index contributed by atoms with van der Waals surface area (Å²) in [6, 6.07) is 11.3. The predicted molar refractivity (Wildman–Crippen MR) is 109 cm³/mol. The fourth-order valence-corrected chi connectivity index (χ4v) is 4.13. The van der Waals surface area contributed by atoms with Crippen molar-refractivity contribution in [1.82, 2.24) is 9.97 Å². The highest BCUT2D eigenvalue weighted by Crippen LogP contribution is 2.44. The highest BCUT2D eigenvalue weighted by atomic mass is 79.9. The van der Waals surface area contributed by atoms with Crippen molar-refractivity contribution in [1.29, 1.82) is 0 Å². The van der Waals surface area contributed by atoms with Crippen LogP contribution < -0.4 is 4.43 Å². The van der Waals surface area contributed by atoms with E-state index in [1.165, 1.54) is 0 Å². The van der Waals surface area contributed by atoms with Gasteiger partial charge in [0.25, 0.3) is 8.32 Å². The SMILES string of the molecule is CC(C)(C)[Si](C)(C)Oc1ccc(O)c(-c2nc3ccccc3[nH]2)c1Br. The Morgan fingerprint density at radius 2 is 1.80 bits per heavy atom. The third-order valence-corrected chi connectivity index (χ3v) is 10.0. The first-order valence-corrected chi connectivity index (χ1v) is 12.0. The minimum Gasteiger partial charge on any atom is -0.543 e. The molecule has 0 amide bonds. The maximum Gasteiger partial charge on any atom is 0.250 e. The number of hydrogen-bond donors (Lipinski definition) is 2. The molecule has 0 fully saturated rings. The Bertz CT molecular complexity index is 896. The van der Waals surface area contributed by atoms with Crippen LogP contribution in [0.2, 0.25) is 18.1 Å². The Morgan fingerprint density at radius 3 is 2.44 bits per heavy atom. The van der Waals surface area contributed by atoms with E-state index < -0.39 is 8.32 Å². The van der Waals surface area contributed by atoms with Crippen LogP contribution in [-0.2, 0) is 0 Å². The van der Waals surface area contributed by atoms with Gasteiger partial charge in [0.1, 0.15) is 17.3 Å². The van der Waals surface area contributed by atoms with E-state index in [0.717, 1.165) is 21.3 Å². The molecule has 132 valence electrons. The fraction of sp³-hybridized carbons (Fsp3) is 0.316. The predicted octanol–water partition coefficient (Wildman–Crippen LogP) is 6.08. The minimum atomic E-state index is -1.99. The van der Waals surface area contributed by atoms with Crippen molar-refractivity contribution in [3.63, 3.8) is 0 Å². The van der Waals surface area contributed by atoms with Crippen LogP contribution in [0.3, 0.4) is 0 Å². The van der Waals surface area contributed by atoms with Crippen LogP contribution in [0.1, 0.15) is 20.8 Å². The lowest BCUT2D eigenvalue weighted by Crippen LogP contribution is -2.43. The van der Waals surface area contributed by atoms with E-state index in [1.54, 1.807) is 6.07 Å². The molecule has 0 aliphatic carbocycles. The van der Waals surface area contributed by atoms with E-state index in [2.05, 4.69) is 59.8 Å². The van der Waals surface area contributed by atoms with Crippen molar-refractivity contribution in [2.45, 2.75) is 38.9 Å². The number of hydrogen-bond acceptors (Lipinski definition) is 3. The zero-order chi connectivity index (χ0) is 18.4. The molecule has 2 aromatic carbocycles. The molecule has 0 aliphatic rings. The van der Waals surface area contributed by atoms with Gasteiger partial charge in [0.15, 0.2) is 0 Å². The van der Waals surface area contributed by atoms with Crippen LogP contribution in [0.4, 0.5) is 0 Å². The quantitative estimate of drug-likeness (QED) is 0.506. The first-order valence-electron chi connectivity index (χ1n) is 8.26. The molecule has 2 N–H and O–H groups in total. The van der Waals surface area contributed by atoms with Gasteiger partial charge in [-0.3, -0.25) is 0 Å². The second-order valence-electron chi connectivity index (χ2n) is 7.74. The van der Waals surface area contributed by atoms with Gasteiger partial charge in [0, 0.05) is 0 Å². The minimum absolute atomic E-state index is 0.0872. The molecule has 0 atom stereocenters. The van der Waals surface area contributed by atoms with Crippen molar-refractivity contribution >= 4 is 35.3 Å². The summed E-state index contributed by atoms with van der Waals surface area (Å²) in [5, 5.41) is 10.5. The summed E-state index contributed by atoms with van der Waals surface area (Å²) in [7, 11) is -1.99. The molecule has 1 aromatic heterocycles. The lowest BCUT2D eigenvalue weighted by atomic mass is 10.2. The zero-order valence-corrected chi connectivity index (χ0v) is 17.7. The fourth-order valence-electron chi connectivity index (χ4n) is 2.35. The molecular weight excluding hydrogens is 396 g/mol. The summed E-state index contributed by atoms with van der Waals surface area (Å²) < 4.78 is 7.15. The van der Waals surface area contributed by atoms with Crippen LogP contribution in [-0.4, -0.2) is 23.4 Å². The normalized spacial score (nSPS) is 12.6. The van der Waals surface area contributed by atoms with Crippen molar-refractivity contribution in [3.8, 4) is 22.9 Å². The number of H-pyrrole nitrogens is 1. The molecule has 3 rings (SSSR count). The summed E-state index contributed by atoms with van der Waals surface area (Å²) in [6.45, 7) is 11.0. The summed E-state index contributed by atoms with van der Waals surface area (Å²) in [5.41, 5.74) is 2.41. The maximum absolute atomic E-state index is 10.4. The highest BCUT2D eigenvalue weighted by molar-refractivity contribution is 9.10. The first-order chi connectivity index (χ1) is 11.6. The molecule has 0 aliphatic heterocycles. The molecule has 0 unspecified atom stereocenters. The monoisotopic (exact) mass is 418 g/mol. The molecule has 0 saturated carbocycles. The summed E-state index contributed by atoms with van der Waals surface area (Å²) in [6.07, 6.45) is 0. The number of aromatic nitrogens is 2. The number of rotatable bonds is 3. The van der Waals surface area contributed by atoms with E-state index in [-0.39, 0.29) is 10.8 Å². The number of halogens is 1. The number of phenolic OH excluding ortho intramolecular Hbond substituents is 1. The molecule has 3 aromatic rings. The number of nitrogens with zero attached hydrogens (tertiary/aromatic N) is 1. The lowest BCUT2D eigenvalue weighted by molar-refractivity contribution is 0.469. The van der Waals surface area contributed by atoms with Gasteiger partial charge in [-0.25, -0.2) is 4.98 Å². The smallest absolute Gasteiger partial charge is 0.250 e. The third-order valence-electron chi connectivity index (χ3n) is 4.88. The molecule has 0 radical (unpaired) electrons. The molecule has 6 heteroatoms. The van der Waals surface area contributed by atoms with Crippen LogP contribution in [0, 0.1) is 0 Å². The van der Waals surface area contributed by atoms with E-state index >= 15 is 0 Å². The largest absolute Gasteiger partial charge is 0.543 e. The molecule has 4 nitrogen and oxygen atoms in total. The molecular formula is C19H23BrN2O2Si. The number of nitrogens with one attached hydrogen (secondary N) is 1. The Labute approximate surface area is 157 Å². The Morgan fingerprint density at radius 1 is 1.12 bits per heavy atom. The van der Waals surface area contributed by atoms with E-state index in [4.69, 9.17) is 4.43 Å². The first kappa shape index (κ1) is 18.0. The Kier molecular flexibility index (Phi) is 4.45. The standard InChI is InChI=1S/C19H23BrN2O2Si/c1-19(2,3)25(4,5)24-15-11-10-14(23)16(17(15)20)18-21-12-8-6-7-9-13(12)22-18/h6-11,23H,1-5H3,(H,21,22). The van der Waals surface area contributed by atoms with Gasteiger partial charge in [0.05, 0.1) is 21.1 Å². The number of aromatic amines is 1. The number of imidazole rings is 1. The van der Waals surface area contributed by atoms with Gasteiger partial charge < -0.3 is 14.5 Å². The topological polar surface area (TPSA) is 58.1 Å². The summed E-state index contributed by atoms with van der Waals surface area (Å²) in [4.78, 5) is 7.87. The van der Waals surface area contributed by atoms with Gasteiger partial charge in [-0.1, -0.05) is 32.9 Å².